The Morgan fingerprint density at radius 3 is 2.53 bits per heavy atom. The Morgan fingerprint density at radius 1 is 1.47 bits per heavy atom. The summed E-state index contributed by atoms with van der Waals surface area (Å²) < 4.78 is 1.74. The second kappa shape index (κ2) is 3.68. The highest BCUT2D eigenvalue weighted by molar-refractivity contribution is 5.87. The van der Waals surface area contributed by atoms with Crippen molar-refractivity contribution in [2.45, 2.75) is 38.5 Å². The Labute approximate surface area is 88.9 Å². The highest BCUT2D eigenvalue weighted by Crippen LogP contribution is 2.36. The molecule has 0 aliphatic heterocycles. The molecule has 1 aliphatic carbocycles. The van der Waals surface area contributed by atoms with Crippen molar-refractivity contribution >= 4 is 5.97 Å². The van der Waals surface area contributed by atoms with E-state index in [-0.39, 0.29) is 5.69 Å². The first-order chi connectivity index (χ1) is 7.11. The van der Waals surface area contributed by atoms with Crippen LogP contribution in [-0.2, 0) is 7.05 Å². The maximum Gasteiger partial charge on any atom is 0.356 e. The minimum atomic E-state index is -0.924. The Bertz CT molecular complexity index is 390. The maximum atomic E-state index is 10.9. The number of nitrogens with zero attached hydrogens (tertiary/aromatic N) is 2. The molecule has 82 valence electrons. The lowest BCUT2D eigenvalue weighted by Gasteiger charge is -2.10. The molecule has 1 fully saturated rings. The maximum absolute atomic E-state index is 10.9. The fraction of sp³-hybridized carbons (Fsp3) is 0.636. The van der Waals surface area contributed by atoms with Gasteiger partial charge < -0.3 is 5.11 Å². The summed E-state index contributed by atoms with van der Waals surface area (Å²) in [4.78, 5) is 10.9. The monoisotopic (exact) mass is 208 g/mol. The smallest absolute Gasteiger partial charge is 0.356 e. The van der Waals surface area contributed by atoms with Crippen molar-refractivity contribution in [3.05, 3.63) is 17.0 Å². The molecule has 4 heteroatoms. The van der Waals surface area contributed by atoms with Gasteiger partial charge in [0.05, 0.1) is 0 Å². The third-order valence-electron chi connectivity index (χ3n) is 3.28. The highest BCUT2D eigenvalue weighted by Gasteiger charge is 2.26. The van der Waals surface area contributed by atoms with Crippen molar-refractivity contribution in [2.75, 3.05) is 0 Å². The molecule has 0 saturated heterocycles. The molecule has 1 N–H and O–H groups in total. The molecule has 0 amide bonds. The predicted octanol–water partition coefficient (Wildman–Crippen LogP) is 2.08. The Morgan fingerprint density at radius 2 is 2.07 bits per heavy atom. The third kappa shape index (κ3) is 1.64. The number of hydrogen-bond donors (Lipinski definition) is 1. The van der Waals surface area contributed by atoms with Gasteiger partial charge in [-0.2, -0.15) is 5.10 Å². The zero-order valence-corrected chi connectivity index (χ0v) is 9.16. The molecule has 0 aromatic carbocycles. The molecule has 4 nitrogen and oxygen atoms in total. The van der Waals surface area contributed by atoms with E-state index in [4.69, 9.17) is 5.11 Å². The topological polar surface area (TPSA) is 55.1 Å². The van der Waals surface area contributed by atoms with Crippen molar-refractivity contribution in [2.24, 2.45) is 7.05 Å². The van der Waals surface area contributed by atoms with Crippen LogP contribution in [0.1, 0.15) is 53.3 Å². The van der Waals surface area contributed by atoms with Gasteiger partial charge in [0.1, 0.15) is 0 Å². The molecule has 0 spiro atoms. The summed E-state index contributed by atoms with van der Waals surface area (Å²) >= 11 is 0. The number of carboxylic acid groups (broad SMARTS) is 1. The minimum Gasteiger partial charge on any atom is -0.476 e. The first kappa shape index (κ1) is 10.2. The number of rotatable bonds is 2. The van der Waals surface area contributed by atoms with Crippen LogP contribution in [0.15, 0.2) is 0 Å². The van der Waals surface area contributed by atoms with Crippen LogP contribution in [0.25, 0.3) is 0 Å². The Kier molecular flexibility index (Phi) is 2.50. The predicted molar refractivity (Wildman–Crippen MR) is 56.1 cm³/mol. The summed E-state index contributed by atoms with van der Waals surface area (Å²) in [6.45, 7) is 1.87. The summed E-state index contributed by atoms with van der Waals surface area (Å²) in [6, 6.07) is 0. The molecule has 0 atom stereocenters. The normalized spacial score (nSPS) is 17.2. The lowest BCUT2D eigenvalue weighted by molar-refractivity contribution is 0.0689. The Balaban J connectivity index is 2.42. The van der Waals surface area contributed by atoms with Gasteiger partial charge in [-0.3, -0.25) is 4.68 Å². The quantitative estimate of drug-likeness (QED) is 0.809. The standard InChI is InChI=1S/C11H16N2O2/c1-7-9(11(14)15)12-13(2)10(7)8-5-3-4-6-8/h8H,3-6H2,1-2H3,(H,14,15). The van der Waals surface area contributed by atoms with Crippen LogP contribution in [0, 0.1) is 6.92 Å². The molecule has 0 unspecified atom stereocenters. The van der Waals surface area contributed by atoms with E-state index < -0.39 is 5.97 Å². The van der Waals surface area contributed by atoms with Crippen LogP contribution in [0.5, 0.6) is 0 Å². The molecule has 1 aliphatic rings. The van der Waals surface area contributed by atoms with Crippen LogP contribution >= 0.6 is 0 Å². The number of carboxylic acids is 1. The fourth-order valence-electron chi connectivity index (χ4n) is 2.62. The molecule has 1 aromatic rings. The zero-order valence-electron chi connectivity index (χ0n) is 9.16. The number of carbonyl (C=O) groups is 1. The number of hydrogen-bond acceptors (Lipinski definition) is 2. The summed E-state index contributed by atoms with van der Waals surface area (Å²) in [6.07, 6.45) is 4.83. The summed E-state index contributed by atoms with van der Waals surface area (Å²) in [7, 11) is 1.84. The molecular formula is C11H16N2O2. The van der Waals surface area contributed by atoms with Crippen LogP contribution in [0.4, 0.5) is 0 Å². The first-order valence-electron chi connectivity index (χ1n) is 5.38. The molecule has 1 heterocycles. The van der Waals surface area contributed by atoms with E-state index in [1.165, 1.54) is 25.7 Å². The lowest BCUT2D eigenvalue weighted by Crippen LogP contribution is -2.03. The third-order valence-corrected chi connectivity index (χ3v) is 3.28. The van der Waals surface area contributed by atoms with E-state index >= 15 is 0 Å². The van der Waals surface area contributed by atoms with Crippen molar-refractivity contribution in [3.8, 4) is 0 Å². The van der Waals surface area contributed by atoms with Gasteiger partial charge in [0, 0.05) is 24.2 Å². The SMILES string of the molecule is Cc1c(C(=O)O)nn(C)c1C1CCCC1. The largest absolute Gasteiger partial charge is 0.476 e. The number of aryl methyl sites for hydroxylation is 1. The molecule has 0 radical (unpaired) electrons. The van der Waals surface area contributed by atoms with E-state index in [1.54, 1.807) is 4.68 Å². The van der Waals surface area contributed by atoms with E-state index in [1.807, 2.05) is 14.0 Å². The van der Waals surface area contributed by atoms with Crippen molar-refractivity contribution in [3.63, 3.8) is 0 Å². The molecule has 1 aromatic heterocycles. The molecule has 1 saturated carbocycles. The first-order valence-corrected chi connectivity index (χ1v) is 5.38. The van der Waals surface area contributed by atoms with Gasteiger partial charge in [-0.25, -0.2) is 4.79 Å². The van der Waals surface area contributed by atoms with E-state index in [9.17, 15) is 4.79 Å². The molecule has 2 rings (SSSR count). The van der Waals surface area contributed by atoms with Crippen molar-refractivity contribution in [1.82, 2.24) is 9.78 Å². The van der Waals surface area contributed by atoms with Gasteiger partial charge in [0.2, 0.25) is 0 Å². The molecule has 0 bridgehead atoms. The van der Waals surface area contributed by atoms with Gasteiger partial charge in [-0.1, -0.05) is 12.8 Å². The second-order valence-electron chi connectivity index (χ2n) is 4.27. The van der Waals surface area contributed by atoms with E-state index in [2.05, 4.69) is 5.10 Å². The second-order valence-corrected chi connectivity index (χ2v) is 4.27. The number of aromatic carboxylic acids is 1. The number of aromatic nitrogens is 2. The van der Waals surface area contributed by atoms with Gasteiger partial charge in [-0.05, 0) is 19.8 Å². The van der Waals surface area contributed by atoms with Crippen LogP contribution in [0.2, 0.25) is 0 Å². The average molecular weight is 208 g/mol. The summed E-state index contributed by atoms with van der Waals surface area (Å²) in [5.41, 5.74) is 2.17. The fourth-order valence-corrected chi connectivity index (χ4v) is 2.62. The average Bonchev–Trinajstić information content (AvgIpc) is 2.73. The Hall–Kier alpha value is -1.32. The minimum absolute atomic E-state index is 0.208. The van der Waals surface area contributed by atoms with Crippen LogP contribution in [0.3, 0.4) is 0 Å². The van der Waals surface area contributed by atoms with Crippen LogP contribution < -0.4 is 0 Å². The van der Waals surface area contributed by atoms with E-state index in [0.717, 1.165) is 11.3 Å². The zero-order chi connectivity index (χ0) is 11.0. The van der Waals surface area contributed by atoms with Gasteiger partial charge in [-0.15, -0.1) is 0 Å². The summed E-state index contributed by atoms with van der Waals surface area (Å²) in [5, 5.41) is 13.0. The summed E-state index contributed by atoms with van der Waals surface area (Å²) in [5.74, 6) is -0.414. The van der Waals surface area contributed by atoms with Crippen LogP contribution in [-0.4, -0.2) is 20.9 Å². The van der Waals surface area contributed by atoms with Crippen molar-refractivity contribution < 1.29 is 9.90 Å². The van der Waals surface area contributed by atoms with Crippen molar-refractivity contribution in [1.29, 1.82) is 0 Å². The van der Waals surface area contributed by atoms with E-state index in [0.29, 0.717) is 5.92 Å². The lowest BCUT2D eigenvalue weighted by atomic mass is 9.99. The molecule has 15 heavy (non-hydrogen) atoms. The molecular weight excluding hydrogens is 192 g/mol. The highest BCUT2D eigenvalue weighted by atomic mass is 16.4. The van der Waals surface area contributed by atoms with Gasteiger partial charge in [0.25, 0.3) is 0 Å². The van der Waals surface area contributed by atoms with Gasteiger partial charge in [0.15, 0.2) is 5.69 Å². The van der Waals surface area contributed by atoms with Gasteiger partial charge >= 0.3 is 5.97 Å².